The van der Waals surface area contributed by atoms with Gasteiger partial charge in [-0.25, -0.2) is 12.8 Å². The van der Waals surface area contributed by atoms with Crippen LogP contribution in [0.25, 0.3) is 0 Å². The van der Waals surface area contributed by atoms with E-state index in [0.717, 1.165) is 11.9 Å². The van der Waals surface area contributed by atoms with Gasteiger partial charge >= 0.3 is 0 Å². The van der Waals surface area contributed by atoms with Gasteiger partial charge in [0.05, 0.1) is 12.8 Å². The van der Waals surface area contributed by atoms with Gasteiger partial charge in [0.2, 0.25) is 15.9 Å². The second kappa shape index (κ2) is 7.94. The molecule has 0 aromatic heterocycles. The van der Waals surface area contributed by atoms with Crippen LogP contribution in [0.3, 0.4) is 0 Å². The smallest absolute Gasteiger partial charge is 0.238 e. The average molecular weight is 357 g/mol. The van der Waals surface area contributed by atoms with Gasteiger partial charge < -0.3 is 9.80 Å². The number of amides is 1. The Morgan fingerprint density at radius 2 is 1.75 bits per heavy atom. The van der Waals surface area contributed by atoms with E-state index in [1.807, 2.05) is 6.92 Å². The van der Waals surface area contributed by atoms with E-state index in [9.17, 15) is 17.6 Å². The number of nitrogens with zero attached hydrogens (tertiary/aromatic N) is 3. The maximum Gasteiger partial charge on any atom is 0.238 e. The molecule has 0 atom stereocenters. The molecule has 0 bridgehead atoms. The highest BCUT2D eigenvalue weighted by molar-refractivity contribution is 7.88. The molecule has 0 aliphatic carbocycles. The van der Waals surface area contributed by atoms with Gasteiger partial charge in [0.1, 0.15) is 5.82 Å². The number of carbonyl (C=O) groups excluding carboxylic acids is 1. The van der Waals surface area contributed by atoms with Crippen molar-refractivity contribution in [3.8, 4) is 0 Å². The Balaban J connectivity index is 1.91. The minimum Gasteiger partial charge on any atom is -0.368 e. The standard InChI is InChI=1S/C16H24FN3O3S/c1-3-8-20(24(2,22)23)13-16(21)19-11-9-18(10-12-19)15-6-4-14(17)5-7-15/h4-7H,3,8-13H2,1-2H3. The van der Waals surface area contributed by atoms with E-state index in [0.29, 0.717) is 39.1 Å². The van der Waals surface area contributed by atoms with Crippen LogP contribution in [0, 0.1) is 5.82 Å². The minimum absolute atomic E-state index is 0.108. The molecule has 1 aliphatic heterocycles. The van der Waals surface area contributed by atoms with Crippen molar-refractivity contribution in [2.45, 2.75) is 13.3 Å². The first-order valence-corrected chi connectivity index (χ1v) is 9.89. The molecular formula is C16H24FN3O3S. The van der Waals surface area contributed by atoms with E-state index in [2.05, 4.69) is 4.90 Å². The molecule has 0 N–H and O–H groups in total. The maximum absolute atomic E-state index is 13.0. The number of rotatable bonds is 6. The molecule has 1 aromatic rings. The summed E-state index contributed by atoms with van der Waals surface area (Å²) < 4.78 is 37.6. The number of piperazine rings is 1. The fraction of sp³-hybridized carbons (Fsp3) is 0.562. The monoisotopic (exact) mass is 357 g/mol. The lowest BCUT2D eigenvalue weighted by molar-refractivity contribution is -0.131. The van der Waals surface area contributed by atoms with E-state index in [4.69, 9.17) is 0 Å². The fourth-order valence-corrected chi connectivity index (χ4v) is 3.59. The normalized spacial score (nSPS) is 15.8. The first-order valence-electron chi connectivity index (χ1n) is 8.04. The van der Waals surface area contributed by atoms with Crippen molar-refractivity contribution < 1.29 is 17.6 Å². The Hall–Kier alpha value is -1.67. The summed E-state index contributed by atoms with van der Waals surface area (Å²) in [6, 6.07) is 6.28. The Bertz CT molecular complexity index is 656. The third-order valence-corrected chi connectivity index (χ3v) is 5.33. The van der Waals surface area contributed by atoms with E-state index < -0.39 is 10.0 Å². The molecule has 1 aliphatic rings. The lowest BCUT2D eigenvalue weighted by atomic mass is 10.2. The van der Waals surface area contributed by atoms with Gasteiger partial charge in [-0.3, -0.25) is 4.79 Å². The van der Waals surface area contributed by atoms with Gasteiger partial charge in [0.15, 0.2) is 0 Å². The summed E-state index contributed by atoms with van der Waals surface area (Å²) in [7, 11) is -3.38. The Morgan fingerprint density at radius 1 is 1.17 bits per heavy atom. The summed E-state index contributed by atoms with van der Waals surface area (Å²) in [4.78, 5) is 16.1. The Labute approximate surface area is 142 Å². The number of benzene rings is 1. The second-order valence-electron chi connectivity index (χ2n) is 5.94. The van der Waals surface area contributed by atoms with Gasteiger partial charge in [-0.2, -0.15) is 4.31 Å². The van der Waals surface area contributed by atoms with Crippen molar-refractivity contribution in [2.24, 2.45) is 0 Å². The van der Waals surface area contributed by atoms with Gasteiger partial charge in [-0.05, 0) is 30.7 Å². The molecule has 0 radical (unpaired) electrons. The summed E-state index contributed by atoms with van der Waals surface area (Å²) in [6.07, 6.45) is 1.79. The molecule has 0 saturated carbocycles. The average Bonchev–Trinajstić information content (AvgIpc) is 2.54. The van der Waals surface area contributed by atoms with Crippen molar-refractivity contribution in [1.82, 2.24) is 9.21 Å². The van der Waals surface area contributed by atoms with E-state index in [-0.39, 0.29) is 18.3 Å². The molecule has 0 spiro atoms. The van der Waals surface area contributed by atoms with Crippen LogP contribution in [-0.2, 0) is 14.8 Å². The summed E-state index contributed by atoms with van der Waals surface area (Å²) in [5.41, 5.74) is 0.923. The van der Waals surface area contributed by atoms with Gasteiger partial charge in [-0.15, -0.1) is 0 Å². The lowest BCUT2D eigenvalue weighted by Gasteiger charge is -2.36. The third kappa shape index (κ3) is 4.91. The molecule has 134 valence electrons. The zero-order valence-electron chi connectivity index (χ0n) is 14.1. The van der Waals surface area contributed by atoms with Crippen molar-refractivity contribution in [3.05, 3.63) is 30.1 Å². The number of hydrogen-bond donors (Lipinski definition) is 0. The molecule has 1 aromatic carbocycles. The fourth-order valence-electron chi connectivity index (χ4n) is 2.73. The SMILES string of the molecule is CCCN(CC(=O)N1CCN(c2ccc(F)cc2)CC1)S(C)(=O)=O. The molecule has 1 saturated heterocycles. The quantitative estimate of drug-likeness (QED) is 0.766. The number of anilines is 1. The molecule has 0 unspecified atom stereocenters. The number of sulfonamides is 1. The van der Waals surface area contributed by atoms with Gasteiger partial charge in [0.25, 0.3) is 0 Å². The van der Waals surface area contributed by atoms with Crippen LogP contribution in [0.1, 0.15) is 13.3 Å². The maximum atomic E-state index is 13.0. The zero-order chi connectivity index (χ0) is 17.7. The van der Waals surface area contributed by atoms with Crippen LogP contribution in [0.5, 0.6) is 0 Å². The lowest BCUT2D eigenvalue weighted by Crippen LogP contribution is -2.51. The van der Waals surface area contributed by atoms with Crippen LogP contribution in [0.4, 0.5) is 10.1 Å². The predicted molar refractivity (Wildman–Crippen MR) is 91.9 cm³/mol. The molecule has 2 rings (SSSR count). The summed E-state index contributed by atoms with van der Waals surface area (Å²) >= 11 is 0. The molecule has 1 fully saturated rings. The molecule has 1 heterocycles. The topological polar surface area (TPSA) is 60.9 Å². The summed E-state index contributed by atoms with van der Waals surface area (Å²) in [6.45, 7) is 4.46. The highest BCUT2D eigenvalue weighted by atomic mass is 32.2. The van der Waals surface area contributed by atoms with Crippen LogP contribution in [0.2, 0.25) is 0 Å². The Morgan fingerprint density at radius 3 is 2.25 bits per heavy atom. The van der Waals surface area contributed by atoms with Crippen LogP contribution in [-0.4, -0.2) is 69.1 Å². The van der Waals surface area contributed by atoms with E-state index in [1.54, 1.807) is 17.0 Å². The minimum atomic E-state index is -3.38. The van der Waals surface area contributed by atoms with Gasteiger partial charge in [-0.1, -0.05) is 6.92 Å². The molecule has 8 heteroatoms. The first kappa shape index (κ1) is 18.7. The first-order chi connectivity index (χ1) is 11.3. The molecule has 1 amide bonds. The van der Waals surface area contributed by atoms with E-state index in [1.165, 1.54) is 16.4 Å². The number of halogens is 1. The van der Waals surface area contributed by atoms with Crippen molar-refractivity contribution in [1.29, 1.82) is 0 Å². The zero-order valence-corrected chi connectivity index (χ0v) is 14.9. The van der Waals surface area contributed by atoms with Crippen molar-refractivity contribution in [3.63, 3.8) is 0 Å². The summed E-state index contributed by atoms with van der Waals surface area (Å²) in [5, 5.41) is 0. The van der Waals surface area contributed by atoms with Crippen LogP contribution < -0.4 is 4.90 Å². The van der Waals surface area contributed by atoms with Crippen LogP contribution >= 0.6 is 0 Å². The van der Waals surface area contributed by atoms with Gasteiger partial charge in [0, 0.05) is 38.4 Å². The highest BCUT2D eigenvalue weighted by Gasteiger charge is 2.25. The number of hydrogen-bond acceptors (Lipinski definition) is 4. The second-order valence-corrected chi connectivity index (χ2v) is 7.92. The number of carbonyl (C=O) groups is 1. The highest BCUT2D eigenvalue weighted by Crippen LogP contribution is 2.17. The van der Waals surface area contributed by atoms with Crippen molar-refractivity contribution >= 4 is 21.6 Å². The predicted octanol–water partition coefficient (Wildman–Crippen LogP) is 1.15. The van der Waals surface area contributed by atoms with Crippen molar-refractivity contribution in [2.75, 3.05) is 50.4 Å². The molecular weight excluding hydrogens is 333 g/mol. The summed E-state index contributed by atoms with van der Waals surface area (Å²) in [5.74, 6) is -0.447. The van der Waals surface area contributed by atoms with E-state index >= 15 is 0 Å². The largest absolute Gasteiger partial charge is 0.368 e. The van der Waals surface area contributed by atoms with Crippen LogP contribution in [0.15, 0.2) is 24.3 Å². The molecule has 6 nitrogen and oxygen atoms in total. The molecule has 24 heavy (non-hydrogen) atoms. The Kier molecular flexibility index (Phi) is 6.17. The third-order valence-electron chi connectivity index (χ3n) is 4.08.